The third-order valence-corrected chi connectivity index (χ3v) is 4.08. The normalized spacial score (nSPS) is 12.5. The summed E-state index contributed by atoms with van der Waals surface area (Å²) in [5.41, 5.74) is 2.28. The van der Waals surface area contributed by atoms with E-state index in [-0.39, 0.29) is 17.9 Å². The predicted octanol–water partition coefficient (Wildman–Crippen LogP) is 3.67. The zero-order chi connectivity index (χ0) is 18.0. The Morgan fingerprint density at radius 1 is 1.12 bits per heavy atom. The number of carbonyl (C=O) groups is 2. The van der Waals surface area contributed by atoms with Crippen molar-refractivity contribution in [2.24, 2.45) is 0 Å². The minimum atomic E-state index is -0.296. The molecule has 2 aromatic carbocycles. The van der Waals surface area contributed by atoms with Gasteiger partial charge in [-0.2, -0.15) is 0 Å². The van der Waals surface area contributed by atoms with Crippen LogP contribution in [0, 0.1) is 0 Å². The Hall–Kier alpha value is -2.53. The molecule has 0 unspecified atom stereocenters. The molecule has 130 valence electrons. The van der Waals surface area contributed by atoms with Gasteiger partial charge < -0.3 is 15.4 Å². The van der Waals surface area contributed by atoms with Crippen molar-refractivity contribution < 1.29 is 14.3 Å². The van der Waals surface area contributed by atoms with Gasteiger partial charge >= 0.3 is 0 Å². The molecule has 0 aromatic heterocycles. The first-order chi connectivity index (χ1) is 11.9. The first kappa shape index (κ1) is 17.3. The van der Waals surface area contributed by atoms with Crippen LogP contribution >= 0.6 is 11.6 Å². The summed E-state index contributed by atoms with van der Waals surface area (Å²) in [6.07, 6.45) is 0.787. The highest BCUT2D eigenvalue weighted by atomic mass is 35.5. The van der Waals surface area contributed by atoms with Gasteiger partial charge in [0, 0.05) is 23.0 Å². The largest absolute Gasteiger partial charge is 0.493 e. The van der Waals surface area contributed by atoms with E-state index in [9.17, 15) is 9.59 Å². The Balaban J connectivity index is 1.85. The maximum atomic E-state index is 12.6. The third kappa shape index (κ3) is 3.94. The molecule has 0 bridgehead atoms. The van der Waals surface area contributed by atoms with Crippen LogP contribution in [0.2, 0.25) is 5.02 Å². The van der Waals surface area contributed by atoms with Gasteiger partial charge in [-0.15, -0.1) is 0 Å². The molecule has 1 heterocycles. The number of hydrogen-bond donors (Lipinski definition) is 2. The Kier molecular flexibility index (Phi) is 4.95. The SMILES string of the molecule is CC(C)NC(=O)c1ccc(Cl)cc1NC(=O)c1ccc2c(c1)CCO2. The first-order valence-corrected chi connectivity index (χ1v) is 8.49. The molecule has 0 saturated heterocycles. The van der Waals surface area contributed by atoms with E-state index in [2.05, 4.69) is 10.6 Å². The summed E-state index contributed by atoms with van der Waals surface area (Å²) in [6.45, 7) is 4.38. The molecule has 1 aliphatic rings. The second kappa shape index (κ2) is 7.15. The molecule has 2 aromatic rings. The van der Waals surface area contributed by atoms with Crippen LogP contribution in [-0.4, -0.2) is 24.5 Å². The Morgan fingerprint density at radius 3 is 2.68 bits per heavy atom. The molecule has 3 rings (SSSR count). The zero-order valence-electron chi connectivity index (χ0n) is 14.1. The van der Waals surface area contributed by atoms with Gasteiger partial charge in [-0.1, -0.05) is 11.6 Å². The lowest BCUT2D eigenvalue weighted by molar-refractivity contribution is 0.0944. The van der Waals surface area contributed by atoms with Crippen LogP contribution in [0.5, 0.6) is 5.75 Å². The van der Waals surface area contributed by atoms with Crippen LogP contribution < -0.4 is 15.4 Å². The number of fused-ring (bicyclic) bond motifs is 1. The van der Waals surface area contributed by atoms with Crippen LogP contribution in [0.15, 0.2) is 36.4 Å². The van der Waals surface area contributed by atoms with E-state index >= 15 is 0 Å². The second-order valence-corrected chi connectivity index (χ2v) is 6.63. The molecule has 0 radical (unpaired) electrons. The van der Waals surface area contributed by atoms with E-state index < -0.39 is 0 Å². The molecule has 6 heteroatoms. The van der Waals surface area contributed by atoms with Gasteiger partial charge in [-0.3, -0.25) is 9.59 Å². The van der Waals surface area contributed by atoms with Gasteiger partial charge in [-0.25, -0.2) is 0 Å². The van der Waals surface area contributed by atoms with E-state index in [1.54, 1.807) is 30.3 Å². The van der Waals surface area contributed by atoms with Gasteiger partial charge in [0.05, 0.1) is 17.9 Å². The number of ether oxygens (including phenoxy) is 1. The van der Waals surface area contributed by atoms with E-state index in [0.29, 0.717) is 28.4 Å². The monoisotopic (exact) mass is 358 g/mol. The molecular weight excluding hydrogens is 340 g/mol. The number of amides is 2. The smallest absolute Gasteiger partial charge is 0.255 e. The maximum Gasteiger partial charge on any atom is 0.255 e. The van der Waals surface area contributed by atoms with Crippen molar-refractivity contribution in [1.82, 2.24) is 5.32 Å². The summed E-state index contributed by atoms with van der Waals surface area (Å²) in [4.78, 5) is 24.9. The first-order valence-electron chi connectivity index (χ1n) is 8.11. The Bertz CT molecular complexity index is 833. The molecular formula is C19H19ClN2O3. The summed E-state index contributed by atoms with van der Waals surface area (Å²) in [6, 6.07) is 10.1. The van der Waals surface area contributed by atoms with Crippen LogP contribution in [0.25, 0.3) is 0 Å². The van der Waals surface area contributed by atoms with Crippen LogP contribution in [0.1, 0.15) is 40.1 Å². The van der Waals surface area contributed by atoms with Crippen molar-refractivity contribution >= 4 is 29.1 Å². The summed E-state index contributed by atoms with van der Waals surface area (Å²) in [5, 5.41) is 6.05. The number of nitrogens with one attached hydrogen (secondary N) is 2. The van der Waals surface area contributed by atoms with Gasteiger partial charge in [0.25, 0.3) is 11.8 Å². The second-order valence-electron chi connectivity index (χ2n) is 6.19. The minimum Gasteiger partial charge on any atom is -0.493 e. The molecule has 0 spiro atoms. The molecule has 0 fully saturated rings. The zero-order valence-corrected chi connectivity index (χ0v) is 14.8. The topological polar surface area (TPSA) is 67.4 Å². The number of benzene rings is 2. The summed E-state index contributed by atoms with van der Waals surface area (Å²) >= 11 is 6.03. The fraction of sp³-hybridized carbons (Fsp3) is 0.263. The Labute approximate surface area is 151 Å². The van der Waals surface area contributed by atoms with Crippen molar-refractivity contribution in [2.45, 2.75) is 26.3 Å². The molecule has 2 N–H and O–H groups in total. The molecule has 25 heavy (non-hydrogen) atoms. The lowest BCUT2D eigenvalue weighted by Gasteiger charge is -2.14. The van der Waals surface area contributed by atoms with Crippen molar-refractivity contribution in [3.63, 3.8) is 0 Å². The fourth-order valence-corrected chi connectivity index (χ4v) is 2.85. The highest BCUT2D eigenvalue weighted by molar-refractivity contribution is 6.31. The highest BCUT2D eigenvalue weighted by Gasteiger charge is 2.18. The number of halogens is 1. The minimum absolute atomic E-state index is 0.0107. The molecule has 5 nitrogen and oxygen atoms in total. The van der Waals surface area contributed by atoms with Crippen molar-refractivity contribution in [2.75, 3.05) is 11.9 Å². The van der Waals surface area contributed by atoms with Crippen LogP contribution in [-0.2, 0) is 6.42 Å². The third-order valence-electron chi connectivity index (χ3n) is 3.85. The average Bonchev–Trinajstić information content (AvgIpc) is 3.01. The molecule has 0 saturated carbocycles. The quantitative estimate of drug-likeness (QED) is 0.876. The number of carbonyl (C=O) groups excluding carboxylic acids is 2. The van der Waals surface area contributed by atoms with Crippen LogP contribution in [0.3, 0.4) is 0 Å². The number of anilines is 1. The maximum absolute atomic E-state index is 12.6. The van der Waals surface area contributed by atoms with Gasteiger partial charge in [-0.05, 0) is 55.8 Å². The summed E-state index contributed by atoms with van der Waals surface area (Å²) < 4.78 is 5.45. The van der Waals surface area contributed by atoms with E-state index in [4.69, 9.17) is 16.3 Å². The van der Waals surface area contributed by atoms with Crippen LogP contribution in [0.4, 0.5) is 5.69 Å². The molecule has 0 aliphatic carbocycles. The highest BCUT2D eigenvalue weighted by Crippen LogP contribution is 2.27. The van der Waals surface area contributed by atoms with Gasteiger partial charge in [0.1, 0.15) is 5.75 Å². The molecule has 0 atom stereocenters. The van der Waals surface area contributed by atoms with E-state index in [1.165, 1.54) is 0 Å². The lowest BCUT2D eigenvalue weighted by Crippen LogP contribution is -2.31. The van der Waals surface area contributed by atoms with E-state index in [1.807, 2.05) is 19.9 Å². The van der Waals surface area contributed by atoms with E-state index in [0.717, 1.165) is 17.7 Å². The molecule has 2 amide bonds. The summed E-state index contributed by atoms with van der Waals surface area (Å²) in [7, 11) is 0. The number of rotatable bonds is 4. The van der Waals surface area contributed by atoms with Crippen molar-refractivity contribution in [3.8, 4) is 5.75 Å². The predicted molar refractivity (Wildman–Crippen MR) is 97.6 cm³/mol. The standard InChI is InChI=1S/C19H19ClN2O3/c1-11(2)21-19(24)15-5-4-14(20)10-16(15)22-18(23)13-3-6-17-12(9-13)7-8-25-17/h3-6,9-11H,7-8H2,1-2H3,(H,21,24)(H,22,23). The van der Waals surface area contributed by atoms with Crippen molar-refractivity contribution in [1.29, 1.82) is 0 Å². The van der Waals surface area contributed by atoms with Gasteiger partial charge in [0.2, 0.25) is 0 Å². The average molecular weight is 359 g/mol. The van der Waals surface area contributed by atoms with Crippen molar-refractivity contribution in [3.05, 3.63) is 58.1 Å². The number of hydrogen-bond acceptors (Lipinski definition) is 3. The fourth-order valence-electron chi connectivity index (χ4n) is 2.68. The summed E-state index contributed by atoms with van der Waals surface area (Å²) in [5.74, 6) is 0.260. The molecule has 1 aliphatic heterocycles. The lowest BCUT2D eigenvalue weighted by atomic mass is 10.1. The van der Waals surface area contributed by atoms with Gasteiger partial charge in [0.15, 0.2) is 0 Å². The Morgan fingerprint density at radius 2 is 1.92 bits per heavy atom.